The Hall–Kier alpha value is -3.84. The van der Waals surface area contributed by atoms with Crippen LogP contribution in [-0.4, -0.2) is 107 Å². The zero-order chi connectivity index (χ0) is 34.4. The molecule has 2 fully saturated rings. The molecule has 11 nitrogen and oxygen atoms in total. The molecule has 2 saturated heterocycles. The number of alkyl halides is 3. The number of piperidine rings is 1. The van der Waals surface area contributed by atoms with Crippen LogP contribution in [0.25, 0.3) is 0 Å². The minimum absolute atomic E-state index is 0.125. The van der Waals surface area contributed by atoms with E-state index in [2.05, 4.69) is 10.6 Å². The summed E-state index contributed by atoms with van der Waals surface area (Å²) in [7, 11) is 1.66. The van der Waals surface area contributed by atoms with Crippen molar-refractivity contribution in [3.63, 3.8) is 0 Å². The third-order valence-corrected chi connectivity index (χ3v) is 8.23. The molecule has 2 N–H and O–H groups in total. The normalized spacial score (nSPS) is 19.0. The van der Waals surface area contributed by atoms with Crippen LogP contribution in [0.4, 0.5) is 22.8 Å². The van der Waals surface area contributed by atoms with Crippen LogP contribution in [0.15, 0.2) is 30.3 Å². The molecule has 14 heteroatoms. The first-order valence-electron chi connectivity index (χ1n) is 15.7. The Morgan fingerprint density at radius 3 is 2.11 bits per heavy atom. The summed E-state index contributed by atoms with van der Waals surface area (Å²) >= 11 is 0. The van der Waals surface area contributed by atoms with Gasteiger partial charge in [0.1, 0.15) is 23.7 Å². The van der Waals surface area contributed by atoms with Gasteiger partial charge in [-0.15, -0.1) is 0 Å². The number of ether oxygens (including phenoxy) is 1. The van der Waals surface area contributed by atoms with Crippen molar-refractivity contribution in [3.8, 4) is 0 Å². The lowest BCUT2D eigenvalue weighted by Crippen LogP contribution is -2.59. The molecule has 2 aliphatic heterocycles. The predicted molar refractivity (Wildman–Crippen MR) is 164 cm³/mol. The van der Waals surface area contributed by atoms with Gasteiger partial charge in [-0.05, 0) is 57.9 Å². The number of urea groups is 1. The van der Waals surface area contributed by atoms with E-state index in [4.69, 9.17) is 4.74 Å². The first kappa shape index (κ1) is 36.6. The van der Waals surface area contributed by atoms with Gasteiger partial charge in [-0.1, -0.05) is 44.2 Å². The summed E-state index contributed by atoms with van der Waals surface area (Å²) in [6.45, 7) is 9.70. The van der Waals surface area contributed by atoms with E-state index in [-0.39, 0.29) is 31.3 Å². The summed E-state index contributed by atoms with van der Waals surface area (Å²) in [6, 6.07) is 3.50. The number of nitrogens with zero attached hydrogens (tertiary/aromatic N) is 3. The smallest absolute Gasteiger partial charge is 0.444 e. The average Bonchev–Trinajstić information content (AvgIpc) is 3.48. The highest BCUT2D eigenvalue weighted by molar-refractivity contribution is 5.96. The molecule has 3 atom stereocenters. The highest BCUT2D eigenvalue weighted by Crippen LogP contribution is 2.24. The maximum absolute atomic E-state index is 13.7. The van der Waals surface area contributed by atoms with Gasteiger partial charge in [0.25, 0.3) is 5.78 Å². The number of benzene rings is 1. The number of Topliss-reactive ketones (excluding diaryl/α,β-unsaturated/α-hetero) is 1. The number of hydrogen-bond donors (Lipinski definition) is 2. The zero-order valence-corrected chi connectivity index (χ0v) is 27.4. The van der Waals surface area contributed by atoms with Crippen molar-refractivity contribution in [2.24, 2.45) is 5.92 Å². The minimum Gasteiger partial charge on any atom is -0.444 e. The van der Waals surface area contributed by atoms with E-state index in [0.29, 0.717) is 37.9 Å². The molecular weight excluding hydrogens is 607 g/mol. The SMILES string of the molecule is CC(C)[C@H](NC(=O)N1CCC(N(C)C(=O)OC(C)(C)C)CC1)C(=O)N1CCC[C@H]1C(=O)N[C@@H](Cc1ccccc1)C(=O)C(F)(F)F. The van der Waals surface area contributed by atoms with E-state index in [1.165, 1.54) is 9.80 Å². The topological polar surface area (TPSA) is 128 Å². The number of carbonyl (C=O) groups is 5. The molecule has 0 aliphatic carbocycles. The molecule has 0 saturated carbocycles. The molecule has 2 heterocycles. The Kier molecular flexibility index (Phi) is 12.1. The van der Waals surface area contributed by atoms with Gasteiger partial charge in [-0.3, -0.25) is 14.4 Å². The first-order chi connectivity index (χ1) is 21.4. The third-order valence-electron chi connectivity index (χ3n) is 8.23. The van der Waals surface area contributed by atoms with Crippen LogP contribution in [0.3, 0.4) is 0 Å². The molecule has 0 spiro atoms. The van der Waals surface area contributed by atoms with Crippen molar-refractivity contribution >= 4 is 29.7 Å². The zero-order valence-electron chi connectivity index (χ0n) is 27.4. The van der Waals surface area contributed by atoms with Crippen LogP contribution >= 0.6 is 0 Å². The van der Waals surface area contributed by atoms with Gasteiger partial charge < -0.3 is 30.1 Å². The van der Waals surface area contributed by atoms with Gasteiger partial charge in [-0.25, -0.2) is 9.59 Å². The van der Waals surface area contributed by atoms with E-state index >= 15 is 0 Å². The molecule has 0 unspecified atom stereocenters. The molecule has 0 bridgehead atoms. The van der Waals surface area contributed by atoms with Crippen LogP contribution in [0.5, 0.6) is 0 Å². The largest absolute Gasteiger partial charge is 0.452 e. The quantitative estimate of drug-likeness (QED) is 0.416. The Bertz CT molecular complexity index is 1240. The Balaban J connectivity index is 1.64. The van der Waals surface area contributed by atoms with Gasteiger partial charge in [0, 0.05) is 39.1 Å². The number of nitrogens with one attached hydrogen (secondary N) is 2. The summed E-state index contributed by atoms with van der Waals surface area (Å²) < 4.78 is 45.7. The highest BCUT2D eigenvalue weighted by atomic mass is 19.4. The van der Waals surface area contributed by atoms with Crippen molar-refractivity contribution in [2.45, 2.75) is 103 Å². The Labute approximate surface area is 268 Å². The van der Waals surface area contributed by atoms with Crippen molar-refractivity contribution in [1.82, 2.24) is 25.3 Å². The van der Waals surface area contributed by atoms with Crippen molar-refractivity contribution in [2.75, 3.05) is 26.7 Å². The average molecular weight is 654 g/mol. The molecule has 1 aromatic carbocycles. The Morgan fingerprint density at radius 2 is 1.57 bits per heavy atom. The highest BCUT2D eigenvalue weighted by Gasteiger charge is 2.46. The van der Waals surface area contributed by atoms with Crippen molar-refractivity contribution in [1.29, 1.82) is 0 Å². The monoisotopic (exact) mass is 653 g/mol. The molecule has 0 radical (unpaired) electrons. The maximum Gasteiger partial charge on any atom is 0.452 e. The van der Waals surface area contributed by atoms with Crippen LogP contribution in [0.1, 0.15) is 65.9 Å². The fourth-order valence-electron chi connectivity index (χ4n) is 5.68. The summed E-state index contributed by atoms with van der Waals surface area (Å²) in [6.07, 6.45) is -4.31. The summed E-state index contributed by atoms with van der Waals surface area (Å²) in [5.41, 5.74) is -0.197. The minimum atomic E-state index is -5.16. The third kappa shape index (κ3) is 9.83. The lowest BCUT2D eigenvalue weighted by atomic mass is 10.0. The molecule has 46 heavy (non-hydrogen) atoms. The standard InChI is InChI=1S/C32H46F3N5O6/c1-20(2)25(37-29(44)39-17-14-22(15-18-39)38(6)30(45)46-31(3,4)5)28(43)40-16-10-13-24(40)27(42)36-23(26(41)32(33,34)35)19-21-11-8-7-9-12-21/h7-9,11-12,20,22-25H,10,13-19H2,1-6H3,(H,36,42)(H,37,44)/t23-,24-,25-/m0/s1. The number of ketones is 1. The van der Waals surface area contributed by atoms with E-state index in [1.54, 1.807) is 76.9 Å². The molecule has 5 amide bonds. The van der Waals surface area contributed by atoms with Gasteiger partial charge in [0.15, 0.2) is 0 Å². The number of halogens is 3. The van der Waals surface area contributed by atoms with Gasteiger partial charge in [0.2, 0.25) is 11.8 Å². The summed E-state index contributed by atoms with van der Waals surface area (Å²) in [5, 5.41) is 5.05. The fraction of sp³-hybridized carbons (Fsp3) is 0.656. The maximum atomic E-state index is 13.7. The van der Waals surface area contributed by atoms with E-state index < -0.39 is 59.6 Å². The van der Waals surface area contributed by atoms with E-state index in [0.717, 1.165) is 0 Å². The van der Waals surface area contributed by atoms with E-state index in [9.17, 15) is 37.1 Å². The van der Waals surface area contributed by atoms with Crippen LogP contribution in [-0.2, 0) is 25.5 Å². The predicted octanol–water partition coefficient (Wildman–Crippen LogP) is 3.90. The fourth-order valence-corrected chi connectivity index (χ4v) is 5.68. The lowest BCUT2D eigenvalue weighted by Gasteiger charge is -2.38. The molecule has 3 rings (SSSR count). The van der Waals surface area contributed by atoms with Gasteiger partial charge >= 0.3 is 18.3 Å². The van der Waals surface area contributed by atoms with Gasteiger partial charge in [0.05, 0.1) is 0 Å². The molecule has 1 aromatic rings. The number of amides is 5. The number of rotatable bonds is 9. The first-order valence-corrected chi connectivity index (χ1v) is 15.7. The van der Waals surface area contributed by atoms with E-state index in [1.807, 2.05) is 0 Å². The second-order valence-corrected chi connectivity index (χ2v) is 13.3. The number of hydrogen-bond acceptors (Lipinski definition) is 6. The molecule has 0 aromatic heterocycles. The molecule has 256 valence electrons. The summed E-state index contributed by atoms with van der Waals surface area (Å²) in [5.74, 6) is -3.82. The Morgan fingerprint density at radius 1 is 0.957 bits per heavy atom. The second-order valence-electron chi connectivity index (χ2n) is 13.3. The molecular formula is C32H46F3N5O6. The van der Waals surface area contributed by atoms with Crippen LogP contribution in [0.2, 0.25) is 0 Å². The van der Waals surface area contributed by atoms with Crippen molar-refractivity contribution in [3.05, 3.63) is 35.9 Å². The van der Waals surface area contributed by atoms with Gasteiger partial charge in [-0.2, -0.15) is 13.2 Å². The number of carbonyl (C=O) groups excluding carboxylic acids is 5. The summed E-state index contributed by atoms with van der Waals surface area (Å²) in [4.78, 5) is 69.4. The second kappa shape index (κ2) is 15.2. The van der Waals surface area contributed by atoms with Crippen LogP contribution < -0.4 is 10.6 Å². The lowest BCUT2D eigenvalue weighted by molar-refractivity contribution is -0.173. The van der Waals surface area contributed by atoms with Crippen LogP contribution in [0, 0.1) is 5.92 Å². The number of likely N-dealkylation sites (tertiary alicyclic amines) is 2. The van der Waals surface area contributed by atoms with Crippen molar-refractivity contribution < 1.29 is 41.9 Å². The molecule has 2 aliphatic rings.